The number of hydrogen-bond donors (Lipinski definition) is 1. The Morgan fingerprint density at radius 3 is 2.70 bits per heavy atom. The number of aliphatic carboxylic acids is 1. The molecule has 6 heteroatoms. The summed E-state index contributed by atoms with van der Waals surface area (Å²) in [7, 11) is 0. The van der Waals surface area contributed by atoms with Crippen LogP contribution in [0.1, 0.15) is 29.4 Å². The topological polar surface area (TPSA) is 83.6 Å². The molecule has 23 heavy (non-hydrogen) atoms. The van der Waals surface area contributed by atoms with E-state index >= 15 is 0 Å². The molecule has 3 heterocycles. The van der Waals surface area contributed by atoms with E-state index in [1.54, 1.807) is 43.2 Å². The molecule has 3 rings (SSSR count). The van der Waals surface area contributed by atoms with Gasteiger partial charge in [-0.05, 0) is 44.5 Å². The molecule has 2 aromatic heterocycles. The molecule has 1 fully saturated rings. The SMILES string of the molecule is Cc1nc(-c2ccco2)ccc1C(=O)N1CCC(C)(C(=O)O)C1. The molecule has 0 aromatic carbocycles. The van der Waals surface area contributed by atoms with E-state index in [4.69, 9.17) is 4.42 Å². The van der Waals surface area contributed by atoms with E-state index < -0.39 is 11.4 Å². The Morgan fingerprint density at radius 2 is 2.13 bits per heavy atom. The van der Waals surface area contributed by atoms with E-state index in [1.165, 1.54) is 0 Å². The second-order valence-corrected chi connectivity index (χ2v) is 6.15. The summed E-state index contributed by atoms with van der Waals surface area (Å²) in [4.78, 5) is 30.0. The van der Waals surface area contributed by atoms with Crippen LogP contribution >= 0.6 is 0 Å². The van der Waals surface area contributed by atoms with Crippen LogP contribution in [-0.4, -0.2) is 40.0 Å². The summed E-state index contributed by atoms with van der Waals surface area (Å²) in [5.74, 6) is -0.395. The van der Waals surface area contributed by atoms with Gasteiger partial charge in [-0.2, -0.15) is 0 Å². The van der Waals surface area contributed by atoms with Crippen LogP contribution in [0.2, 0.25) is 0 Å². The number of pyridine rings is 1. The van der Waals surface area contributed by atoms with Crippen molar-refractivity contribution in [3.05, 3.63) is 41.8 Å². The molecule has 0 bridgehead atoms. The zero-order valence-corrected chi connectivity index (χ0v) is 13.1. The van der Waals surface area contributed by atoms with Gasteiger partial charge in [-0.25, -0.2) is 4.98 Å². The van der Waals surface area contributed by atoms with Crippen molar-refractivity contribution in [1.82, 2.24) is 9.88 Å². The highest BCUT2D eigenvalue weighted by Gasteiger charge is 2.42. The third-order valence-corrected chi connectivity index (χ3v) is 4.37. The molecule has 0 spiro atoms. The van der Waals surface area contributed by atoms with Crippen LogP contribution in [0.3, 0.4) is 0 Å². The summed E-state index contributed by atoms with van der Waals surface area (Å²) in [6.45, 7) is 4.11. The summed E-state index contributed by atoms with van der Waals surface area (Å²) in [5.41, 5.74) is 0.897. The summed E-state index contributed by atoms with van der Waals surface area (Å²) in [5, 5.41) is 9.28. The molecule has 1 saturated heterocycles. The Balaban J connectivity index is 1.82. The van der Waals surface area contributed by atoms with Crippen LogP contribution in [0.15, 0.2) is 34.9 Å². The number of carboxylic acids is 1. The van der Waals surface area contributed by atoms with Crippen LogP contribution in [0, 0.1) is 12.3 Å². The number of hydrogen-bond acceptors (Lipinski definition) is 4. The van der Waals surface area contributed by atoms with Crippen LogP contribution in [0.25, 0.3) is 11.5 Å². The molecular formula is C17H18N2O4. The summed E-state index contributed by atoms with van der Waals surface area (Å²) in [6, 6.07) is 7.05. The van der Waals surface area contributed by atoms with Crippen molar-refractivity contribution >= 4 is 11.9 Å². The quantitative estimate of drug-likeness (QED) is 0.941. The number of carbonyl (C=O) groups excluding carboxylic acids is 1. The number of carboxylic acid groups (broad SMARTS) is 1. The fourth-order valence-corrected chi connectivity index (χ4v) is 2.83. The van der Waals surface area contributed by atoms with Gasteiger partial charge in [0.1, 0.15) is 5.69 Å². The fraction of sp³-hybridized carbons (Fsp3) is 0.353. The van der Waals surface area contributed by atoms with E-state index in [1.807, 2.05) is 6.07 Å². The average Bonchev–Trinajstić information content (AvgIpc) is 3.16. The lowest BCUT2D eigenvalue weighted by Gasteiger charge is -2.20. The molecule has 0 radical (unpaired) electrons. The minimum Gasteiger partial charge on any atom is -0.481 e. The summed E-state index contributed by atoms with van der Waals surface area (Å²) < 4.78 is 5.31. The Bertz CT molecular complexity index is 754. The van der Waals surface area contributed by atoms with Crippen LogP contribution in [-0.2, 0) is 4.79 Å². The first-order chi connectivity index (χ1) is 10.9. The molecule has 1 aliphatic heterocycles. The van der Waals surface area contributed by atoms with Gasteiger partial charge >= 0.3 is 5.97 Å². The van der Waals surface area contributed by atoms with Crippen molar-refractivity contribution in [1.29, 1.82) is 0 Å². The van der Waals surface area contributed by atoms with Crippen molar-refractivity contribution in [2.45, 2.75) is 20.3 Å². The maximum atomic E-state index is 12.6. The van der Waals surface area contributed by atoms with Gasteiger partial charge in [-0.15, -0.1) is 0 Å². The van der Waals surface area contributed by atoms with Crippen LogP contribution < -0.4 is 0 Å². The van der Waals surface area contributed by atoms with Gasteiger partial charge in [0.05, 0.1) is 22.9 Å². The molecule has 1 atom stereocenters. The van der Waals surface area contributed by atoms with Crippen molar-refractivity contribution < 1.29 is 19.1 Å². The number of aryl methyl sites for hydroxylation is 1. The number of rotatable bonds is 3. The van der Waals surface area contributed by atoms with E-state index in [0.29, 0.717) is 35.7 Å². The molecule has 1 N–H and O–H groups in total. The first-order valence-corrected chi connectivity index (χ1v) is 7.45. The molecule has 0 aliphatic carbocycles. The van der Waals surface area contributed by atoms with Gasteiger partial charge in [0.2, 0.25) is 0 Å². The first-order valence-electron chi connectivity index (χ1n) is 7.45. The lowest BCUT2D eigenvalue weighted by atomic mass is 9.90. The zero-order valence-electron chi connectivity index (χ0n) is 13.1. The maximum Gasteiger partial charge on any atom is 0.311 e. The molecule has 2 aromatic rings. The highest BCUT2D eigenvalue weighted by Crippen LogP contribution is 2.31. The molecular weight excluding hydrogens is 296 g/mol. The first kappa shape index (κ1) is 15.3. The number of likely N-dealkylation sites (tertiary alicyclic amines) is 1. The monoisotopic (exact) mass is 314 g/mol. The largest absolute Gasteiger partial charge is 0.481 e. The van der Waals surface area contributed by atoms with Crippen molar-refractivity contribution in [3.63, 3.8) is 0 Å². The lowest BCUT2D eigenvalue weighted by Crippen LogP contribution is -2.35. The molecule has 6 nitrogen and oxygen atoms in total. The minimum atomic E-state index is -0.870. The summed E-state index contributed by atoms with van der Waals surface area (Å²) in [6.07, 6.45) is 2.04. The third-order valence-electron chi connectivity index (χ3n) is 4.37. The molecule has 1 amide bonds. The van der Waals surface area contributed by atoms with E-state index in [0.717, 1.165) is 0 Å². The van der Waals surface area contributed by atoms with Gasteiger partial charge < -0.3 is 14.4 Å². The highest BCUT2D eigenvalue weighted by molar-refractivity contribution is 5.96. The Kier molecular flexibility index (Phi) is 3.67. The zero-order chi connectivity index (χ0) is 16.6. The number of furan rings is 1. The van der Waals surface area contributed by atoms with Gasteiger partial charge in [-0.1, -0.05) is 0 Å². The smallest absolute Gasteiger partial charge is 0.311 e. The Morgan fingerprint density at radius 1 is 1.35 bits per heavy atom. The van der Waals surface area contributed by atoms with E-state index in [9.17, 15) is 14.7 Å². The number of amides is 1. The minimum absolute atomic E-state index is 0.175. The molecule has 0 saturated carbocycles. The number of carbonyl (C=O) groups is 2. The Hall–Kier alpha value is -2.63. The predicted octanol–water partition coefficient (Wildman–Crippen LogP) is 2.59. The standard InChI is InChI=1S/C17H18N2O4/c1-11-12(5-6-13(18-11)14-4-3-9-23-14)15(20)19-8-7-17(2,10-19)16(21)22/h3-6,9H,7-8,10H2,1-2H3,(H,21,22). The highest BCUT2D eigenvalue weighted by atomic mass is 16.4. The molecule has 120 valence electrons. The fourth-order valence-electron chi connectivity index (χ4n) is 2.83. The van der Waals surface area contributed by atoms with Crippen molar-refractivity contribution in [2.24, 2.45) is 5.41 Å². The van der Waals surface area contributed by atoms with Gasteiger partial charge in [0, 0.05) is 13.1 Å². The van der Waals surface area contributed by atoms with Gasteiger partial charge in [0.15, 0.2) is 5.76 Å². The molecule has 1 aliphatic rings. The Labute approximate surface area is 133 Å². The van der Waals surface area contributed by atoms with E-state index in [-0.39, 0.29) is 12.5 Å². The summed E-state index contributed by atoms with van der Waals surface area (Å²) >= 11 is 0. The maximum absolute atomic E-state index is 12.6. The number of nitrogens with zero attached hydrogens (tertiary/aromatic N) is 2. The van der Waals surface area contributed by atoms with Gasteiger partial charge in [0.25, 0.3) is 5.91 Å². The number of aromatic nitrogens is 1. The second kappa shape index (κ2) is 5.53. The van der Waals surface area contributed by atoms with Crippen LogP contribution in [0.5, 0.6) is 0 Å². The van der Waals surface area contributed by atoms with Crippen molar-refractivity contribution in [3.8, 4) is 11.5 Å². The second-order valence-electron chi connectivity index (χ2n) is 6.15. The normalized spacial score (nSPS) is 20.7. The van der Waals surface area contributed by atoms with Gasteiger partial charge in [-0.3, -0.25) is 9.59 Å². The third kappa shape index (κ3) is 2.72. The molecule has 1 unspecified atom stereocenters. The van der Waals surface area contributed by atoms with Crippen LogP contribution in [0.4, 0.5) is 0 Å². The van der Waals surface area contributed by atoms with Crippen molar-refractivity contribution in [2.75, 3.05) is 13.1 Å². The lowest BCUT2D eigenvalue weighted by molar-refractivity contribution is -0.147. The predicted molar refractivity (Wildman–Crippen MR) is 82.9 cm³/mol. The average molecular weight is 314 g/mol. The van der Waals surface area contributed by atoms with E-state index in [2.05, 4.69) is 4.98 Å².